The van der Waals surface area contributed by atoms with E-state index >= 15 is 0 Å². The number of aromatic nitrogens is 2. The summed E-state index contributed by atoms with van der Waals surface area (Å²) in [5, 5.41) is 5.26. The van der Waals surface area contributed by atoms with E-state index in [2.05, 4.69) is 41.8 Å². The molecule has 74 valence electrons. The second-order valence-corrected chi connectivity index (χ2v) is 4.91. The highest BCUT2D eigenvalue weighted by Gasteiger charge is 2.19. The SMILES string of the molecule is Cc1c(CC(C)(C)CBr)cnn1C. The molecule has 0 saturated carbocycles. The van der Waals surface area contributed by atoms with Gasteiger partial charge in [-0.3, -0.25) is 4.68 Å². The Bertz CT molecular complexity index is 289. The lowest BCUT2D eigenvalue weighted by Gasteiger charge is -2.20. The van der Waals surface area contributed by atoms with E-state index in [0.717, 1.165) is 11.8 Å². The molecule has 1 aromatic rings. The van der Waals surface area contributed by atoms with Crippen molar-refractivity contribution in [3.05, 3.63) is 17.5 Å². The molecular weight excluding hydrogens is 228 g/mol. The first-order valence-electron chi connectivity index (χ1n) is 4.50. The quantitative estimate of drug-likeness (QED) is 0.748. The topological polar surface area (TPSA) is 17.8 Å². The fourth-order valence-electron chi connectivity index (χ4n) is 1.28. The van der Waals surface area contributed by atoms with Crippen LogP contribution in [-0.4, -0.2) is 15.1 Å². The van der Waals surface area contributed by atoms with Crippen molar-refractivity contribution in [2.45, 2.75) is 27.2 Å². The van der Waals surface area contributed by atoms with E-state index in [-0.39, 0.29) is 0 Å². The minimum atomic E-state index is 0.313. The summed E-state index contributed by atoms with van der Waals surface area (Å²) in [5.74, 6) is 0. The Hall–Kier alpha value is -0.310. The van der Waals surface area contributed by atoms with Gasteiger partial charge in [0.1, 0.15) is 0 Å². The third-order valence-corrected chi connectivity index (χ3v) is 3.89. The number of hydrogen-bond donors (Lipinski definition) is 0. The van der Waals surface area contributed by atoms with Gasteiger partial charge in [-0.05, 0) is 24.3 Å². The summed E-state index contributed by atoms with van der Waals surface area (Å²) in [6.07, 6.45) is 3.05. The smallest absolute Gasteiger partial charge is 0.0524 e. The Morgan fingerprint density at radius 3 is 2.54 bits per heavy atom. The molecule has 0 N–H and O–H groups in total. The number of alkyl halides is 1. The molecular formula is C10H17BrN2. The minimum absolute atomic E-state index is 0.313. The molecule has 1 rings (SSSR count). The molecule has 0 spiro atoms. The van der Waals surface area contributed by atoms with Gasteiger partial charge in [0, 0.05) is 18.1 Å². The molecule has 0 aromatic carbocycles. The third-order valence-electron chi connectivity index (χ3n) is 2.37. The first-order valence-corrected chi connectivity index (χ1v) is 5.62. The molecule has 0 unspecified atom stereocenters. The Morgan fingerprint density at radius 1 is 1.54 bits per heavy atom. The number of rotatable bonds is 3. The van der Waals surface area contributed by atoms with Crippen LogP contribution >= 0.6 is 15.9 Å². The van der Waals surface area contributed by atoms with Crippen molar-refractivity contribution >= 4 is 15.9 Å². The summed E-state index contributed by atoms with van der Waals surface area (Å²) >= 11 is 3.53. The van der Waals surface area contributed by atoms with Crippen LogP contribution in [0.15, 0.2) is 6.20 Å². The highest BCUT2D eigenvalue weighted by molar-refractivity contribution is 9.09. The van der Waals surface area contributed by atoms with E-state index < -0.39 is 0 Å². The summed E-state index contributed by atoms with van der Waals surface area (Å²) in [7, 11) is 1.99. The van der Waals surface area contributed by atoms with Crippen LogP contribution < -0.4 is 0 Å². The van der Waals surface area contributed by atoms with Gasteiger partial charge in [0.05, 0.1) is 6.20 Å². The second kappa shape index (κ2) is 3.82. The van der Waals surface area contributed by atoms with Crippen LogP contribution in [0.5, 0.6) is 0 Å². The molecule has 1 heterocycles. The average Bonchev–Trinajstić information content (AvgIpc) is 2.36. The molecule has 0 aliphatic carbocycles. The Morgan fingerprint density at radius 2 is 2.15 bits per heavy atom. The van der Waals surface area contributed by atoms with Gasteiger partial charge in [-0.2, -0.15) is 5.10 Å². The van der Waals surface area contributed by atoms with Crippen molar-refractivity contribution in [3.63, 3.8) is 0 Å². The summed E-state index contributed by atoms with van der Waals surface area (Å²) in [4.78, 5) is 0. The van der Waals surface area contributed by atoms with Crippen molar-refractivity contribution in [3.8, 4) is 0 Å². The zero-order valence-electron chi connectivity index (χ0n) is 8.76. The van der Waals surface area contributed by atoms with Crippen molar-refractivity contribution < 1.29 is 0 Å². The van der Waals surface area contributed by atoms with E-state index in [4.69, 9.17) is 0 Å². The van der Waals surface area contributed by atoms with Gasteiger partial charge in [0.15, 0.2) is 0 Å². The second-order valence-electron chi connectivity index (χ2n) is 4.35. The van der Waals surface area contributed by atoms with Crippen molar-refractivity contribution in [1.82, 2.24) is 9.78 Å². The van der Waals surface area contributed by atoms with Gasteiger partial charge in [0.2, 0.25) is 0 Å². The van der Waals surface area contributed by atoms with Gasteiger partial charge >= 0.3 is 0 Å². The summed E-state index contributed by atoms with van der Waals surface area (Å²) < 4.78 is 1.93. The lowest BCUT2D eigenvalue weighted by atomic mass is 9.88. The molecule has 0 aliphatic rings. The zero-order valence-corrected chi connectivity index (χ0v) is 10.3. The van der Waals surface area contributed by atoms with E-state index in [1.807, 2.05) is 17.9 Å². The molecule has 0 amide bonds. The van der Waals surface area contributed by atoms with Crippen molar-refractivity contribution in [1.29, 1.82) is 0 Å². The maximum absolute atomic E-state index is 4.24. The van der Waals surface area contributed by atoms with Crippen LogP contribution in [0.25, 0.3) is 0 Å². The van der Waals surface area contributed by atoms with Crippen LogP contribution in [-0.2, 0) is 13.5 Å². The molecule has 1 aromatic heterocycles. The van der Waals surface area contributed by atoms with Gasteiger partial charge in [-0.1, -0.05) is 29.8 Å². The number of nitrogens with zero attached hydrogens (tertiary/aromatic N) is 2. The van der Waals surface area contributed by atoms with Crippen LogP contribution in [0, 0.1) is 12.3 Å². The number of aryl methyl sites for hydroxylation is 1. The van der Waals surface area contributed by atoms with Crippen LogP contribution in [0.4, 0.5) is 0 Å². The molecule has 0 fully saturated rings. The van der Waals surface area contributed by atoms with Crippen LogP contribution in [0.2, 0.25) is 0 Å². The van der Waals surface area contributed by atoms with Gasteiger partial charge in [0.25, 0.3) is 0 Å². The predicted octanol–water partition coefficient (Wildman–Crippen LogP) is 2.69. The monoisotopic (exact) mass is 244 g/mol. The third kappa shape index (κ3) is 2.56. The average molecular weight is 245 g/mol. The van der Waals surface area contributed by atoms with Gasteiger partial charge in [-0.15, -0.1) is 0 Å². The first-order chi connectivity index (χ1) is 5.96. The Balaban J connectivity index is 2.80. The fourth-order valence-corrected chi connectivity index (χ4v) is 1.48. The predicted molar refractivity (Wildman–Crippen MR) is 59.2 cm³/mol. The Kier molecular flexibility index (Phi) is 3.17. The number of hydrogen-bond acceptors (Lipinski definition) is 1. The van der Waals surface area contributed by atoms with Crippen molar-refractivity contribution in [2.24, 2.45) is 12.5 Å². The highest BCUT2D eigenvalue weighted by Crippen LogP contribution is 2.25. The molecule has 0 bridgehead atoms. The molecule has 0 aliphatic heterocycles. The molecule has 0 saturated heterocycles. The minimum Gasteiger partial charge on any atom is -0.273 e. The standard InChI is InChI=1S/C10H17BrN2/c1-8-9(6-12-13(8)4)5-10(2,3)7-11/h6H,5,7H2,1-4H3. The largest absolute Gasteiger partial charge is 0.273 e. The van der Waals surface area contributed by atoms with Gasteiger partial charge in [-0.25, -0.2) is 0 Å². The molecule has 0 radical (unpaired) electrons. The van der Waals surface area contributed by atoms with E-state index in [1.165, 1.54) is 11.3 Å². The molecule has 0 atom stereocenters. The molecule has 13 heavy (non-hydrogen) atoms. The van der Waals surface area contributed by atoms with E-state index in [1.54, 1.807) is 0 Å². The van der Waals surface area contributed by atoms with E-state index in [9.17, 15) is 0 Å². The van der Waals surface area contributed by atoms with Crippen molar-refractivity contribution in [2.75, 3.05) is 5.33 Å². The van der Waals surface area contributed by atoms with Gasteiger partial charge < -0.3 is 0 Å². The summed E-state index contributed by atoms with van der Waals surface area (Å²) in [6, 6.07) is 0. The lowest BCUT2D eigenvalue weighted by Crippen LogP contribution is -2.16. The van der Waals surface area contributed by atoms with Crippen LogP contribution in [0.3, 0.4) is 0 Å². The van der Waals surface area contributed by atoms with Crippen LogP contribution in [0.1, 0.15) is 25.1 Å². The molecule has 2 nitrogen and oxygen atoms in total. The highest BCUT2D eigenvalue weighted by atomic mass is 79.9. The van der Waals surface area contributed by atoms with E-state index in [0.29, 0.717) is 5.41 Å². The maximum atomic E-state index is 4.24. The maximum Gasteiger partial charge on any atom is 0.0524 e. The summed E-state index contributed by atoms with van der Waals surface area (Å²) in [6.45, 7) is 6.63. The summed E-state index contributed by atoms with van der Waals surface area (Å²) in [5.41, 5.74) is 2.94. The normalized spacial score (nSPS) is 12.1. The molecule has 3 heteroatoms. The Labute approximate surface area is 88.5 Å². The lowest BCUT2D eigenvalue weighted by molar-refractivity contribution is 0.423. The zero-order chi connectivity index (χ0) is 10.1. The fraction of sp³-hybridized carbons (Fsp3) is 0.700. The first kappa shape index (κ1) is 10.8. The number of halogens is 1.